The van der Waals surface area contributed by atoms with E-state index in [1.807, 2.05) is 54.9 Å². The van der Waals surface area contributed by atoms with Crippen molar-refractivity contribution < 1.29 is 14.3 Å². The molecule has 2 fully saturated rings. The third-order valence-electron chi connectivity index (χ3n) is 6.91. The normalized spacial score (nSPS) is 18.2. The number of anilines is 2. The van der Waals surface area contributed by atoms with E-state index >= 15 is 0 Å². The van der Waals surface area contributed by atoms with Gasteiger partial charge in [-0.05, 0) is 73.4 Å². The minimum absolute atomic E-state index is 0.121. The number of hydrogen-bond donors (Lipinski definition) is 1. The minimum atomic E-state index is -0.121. The molecule has 1 aromatic heterocycles. The van der Waals surface area contributed by atoms with Gasteiger partial charge in [0.25, 0.3) is 5.91 Å². The van der Waals surface area contributed by atoms with Crippen LogP contribution < -0.4 is 15.0 Å². The summed E-state index contributed by atoms with van der Waals surface area (Å²) in [4.78, 5) is 22.0. The first kappa shape index (κ1) is 24.3. The summed E-state index contributed by atoms with van der Waals surface area (Å²) in [6.07, 6.45) is 7.05. The van der Waals surface area contributed by atoms with Crippen molar-refractivity contribution in [2.24, 2.45) is 0 Å². The molecule has 2 aliphatic heterocycles. The topological polar surface area (TPSA) is 66.9 Å². The molecule has 0 spiro atoms. The lowest BCUT2D eigenvalue weighted by molar-refractivity contribution is 0.0679. The lowest BCUT2D eigenvalue weighted by Gasteiger charge is -2.37. The maximum Gasteiger partial charge on any atom is 0.255 e. The van der Waals surface area contributed by atoms with Gasteiger partial charge in [-0.25, -0.2) is 0 Å². The fourth-order valence-electron chi connectivity index (χ4n) is 4.77. The molecule has 0 radical (unpaired) electrons. The highest BCUT2D eigenvalue weighted by Crippen LogP contribution is 2.27. The number of carbonyl (C=O) groups excluding carboxylic acids is 1. The van der Waals surface area contributed by atoms with Gasteiger partial charge in [-0.1, -0.05) is 12.1 Å². The zero-order valence-electron chi connectivity index (χ0n) is 20.6. The van der Waals surface area contributed by atoms with Crippen LogP contribution in [-0.4, -0.2) is 67.8 Å². The SMILES string of the molecule is O=C(Nc1ccccc1N1CCN(CCc2ccncc2)CC1)c1ccc(OC[C@@H]2CCCO2)cc1. The third kappa shape index (κ3) is 6.42. The number of carbonyl (C=O) groups is 1. The summed E-state index contributed by atoms with van der Waals surface area (Å²) < 4.78 is 11.4. The van der Waals surface area contributed by atoms with Crippen LogP contribution in [0.15, 0.2) is 73.1 Å². The summed E-state index contributed by atoms with van der Waals surface area (Å²) in [6.45, 7) is 6.28. The molecule has 0 unspecified atom stereocenters. The number of ether oxygens (including phenoxy) is 2. The second-order valence-electron chi connectivity index (χ2n) is 9.38. The summed E-state index contributed by atoms with van der Waals surface area (Å²) in [5, 5.41) is 3.12. The van der Waals surface area contributed by atoms with Crippen LogP contribution in [0.5, 0.6) is 5.75 Å². The first-order chi connectivity index (χ1) is 17.7. The van der Waals surface area contributed by atoms with E-state index in [0.717, 1.165) is 75.7 Å². The molecule has 5 rings (SSSR count). The van der Waals surface area contributed by atoms with Crippen LogP contribution in [0.1, 0.15) is 28.8 Å². The zero-order valence-corrected chi connectivity index (χ0v) is 20.6. The summed E-state index contributed by atoms with van der Waals surface area (Å²) in [6, 6.07) is 19.5. The molecule has 3 aromatic rings. The molecular formula is C29H34N4O3. The highest BCUT2D eigenvalue weighted by atomic mass is 16.5. The highest BCUT2D eigenvalue weighted by Gasteiger charge is 2.20. The molecule has 1 amide bonds. The van der Waals surface area contributed by atoms with Crippen molar-refractivity contribution in [3.63, 3.8) is 0 Å². The van der Waals surface area contributed by atoms with Crippen molar-refractivity contribution in [2.45, 2.75) is 25.4 Å². The van der Waals surface area contributed by atoms with Gasteiger partial charge in [-0.2, -0.15) is 0 Å². The van der Waals surface area contributed by atoms with E-state index in [4.69, 9.17) is 9.47 Å². The average Bonchev–Trinajstić information content (AvgIpc) is 3.46. The Hall–Kier alpha value is -3.42. The number of aromatic nitrogens is 1. The minimum Gasteiger partial charge on any atom is -0.491 e. The Morgan fingerprint density at radius 2 is 1.78 bits per heavy atom. The van der Waals surface area contributed by atoms with Gasteiger partial charge in [0.1, 0.15) is 12.4 Å². The molecule has 1 atom stereocenters. The molecule has 188 valence electrons. The molecule has 2 aliphatic rings. The predicted octanol–water partition coefficient (Wildman–Crippen LogP) is 4.26. The van der Waals surface area contributed by atoms with E-state index in [9.17, 15) is 4.79 Å². The maximum absolute atomic E-state index is 13.0. The van der Waals surface area contributed by atoms with E-state index in [0.29, 0.717) is 12.2 Å². The molecule has 0 bridgehead atoms. The number of rotatable bonds is 9. The Kier molecular flexibility index (Phi) is 8.10. The smallest absolute Gasteiger partial charge is 0.255 e. The lowest BCUT2D eigenvalue weighted by Crippen LogP contribution is -2.47. The molecule has 2 aromatic carbocycles. The molecule has 0 aliphatic carbocycles. The molecule has 7 nitrogen and oxygen atoms in total. The van der Waals surface area contributed by atoms with Crippen molar-refractivity contribution in [1.29, 1.82) is 0 Å². The standard InChI is InChI=1S/C29H34N4O3/c34-29(24-7-9-25(10-8-24)36-22-26-4-3-21-35-26)31-27-5-1-2-6-28(27)33-19-17-32(18-20-33)16-13-23-11-14-30-15-12-23/h1-2,5-12,14-15,26H,3-4,13,16-22H2,(H,31,34)/t26-/m0/s1. The highest BCUT2D eigenvalue weighted by molar-refractivity contribution is 6.06. The molecular weight excluding hydrogens is 452 g/mol. The Labute approximate surface area is 213 Å². The molecule has 7 heteroatoms. The van der Waals surface area contributed by atoms with Crippen LogP contribution in [0.3, 0.4) is 0 Å². The van der Waals surface area contributed by atoms with Crippen LogP contribution in [0.4, 0.5) is 11.4 Å². The van der Waals surface area contributed by atoms with Gasteiger partial charge in [0.15, 0.2) is 0 Å². The van der Waals surface area contributed by atoms with Gasteiger partial charge in [0.2, 0.25) is 0 Å². The second-order valence-corrected chi connectivity index (χ2v) is 9.38. The average molecular weight is 487 g/mol. The van der Waals surface area contributed by atoms with Crippen LogP contribution in [0.2, 0.25) is 0 Å². The second kappa shape index (κ2) is 12.0. The molecule has 0 saturated carbocycles. The number of pyridine rings is 1. The summed E-state index contributed by atoms with van der Waals surface area (Å²) in [7, 11) is 0. The third-order valence-corrected chi connectivity index (χ3v) is 6.91. The Morgan fingerprint density at radius 3 is 2.53 bits per heavy atom. The van der Waals surface area contributed by atoms with Crippen molar-refractivity contribution in [1.82, 2.24) is 9.88 Å². The molecule has 2 saturated heterocycles. The van der Waals surface area contributed by atoms with Crippen molar-refractivity contribution in [3.8, 4) is 5.75 Å². The maximum atomic E-state index is 13.0. The van der Waals surface area contributed by atoms with Gasteiger partial charge in [0, 0.05) is 57.3 Å². The quantitative estimate of drug-likeness (QED) is 0.488. The van der Waals surface area contributed by atoms with E-state index in [1.54, 1.807) is 0 Å². The number of nitrogens with zero attached hydrogens (tertiary/aromatic N) is 3. The number of nitrogens with one attached hydrogen (secondary N) is 1. The van der Waals surface area contributed by atoms with Crippen LogP contribution in [0, 0.1) is 0 Å². The molecule has 1 N–H and O–H groups in total. The van der Waals surface area contributed by atoms with E-state index < -0.39 is 0 Å². The number of benzene rings is 2. The summed E-state index contributed by atoms with van der Waals surface area (Å²) in [5.41, 5.74) is 3.83. The first-order valence-electron chi connectivity index (χ1n) is 12.9. The summed E-state index contributed by atoms with van der Waals surface area (Å²) >= 11 is 0. The number of hydrogen-bond acceptors (Lipinski definition) is 6. The lowest BCUT2D eigenvalue weighted by atomic mass is 10.1. The predicted molar refractivity (Wildman–Crippen MR) is 142 cm³/mol. The largest absolute Gasteiger partial charge is 0.491 e. The van der Waals surface area contributed by atoms with E-state index in [2.05, 4.69) is 38.3 Å². The Morgan fingerprint density at radius 1 is 1.00 bits per heavy atom. The van der Waals surface area contributed by atoms with Crippen molar-refractivity contribution in [3.05, 3.63) is 84.2 Å². The number of piperazine rings is 1. The number of amides is 1. The van der Waals surface area contributed by atoms with Crippen LogP contribution in [-0.2, 0) is 11.2 Å². The summed E-state index contributed by atoms with van der Waals surface area (Å²) in [5.74, 6) is 0.633. The fourth-order valence-corrected chi connectivity index (χ4v) is 4.77. The van der Waals surface area contributed by atoms with Crippen molar-refractivity contribution >= 4 is 17.3 Å². The van der Waals surface area contributed by atoms with Crippen LogP contribution >= 0.6 is 0 Å². The van der Waals surface area contributed by atoms with Gasteiger partial charge < -0.3 is 19.7 Å². The monoisotopic (exact) mass is 486 g/mol. The zero-order chi connectivity index (χ0) is 24.6. The Balaban J connectivity index is 1.14. The van der Waals surface area contributed by atoms with Crippen molar-refractivity contribution in [2.75, 3.05) is 56.2 Å². The fraction of sp³-hybridized carbons (Fsp3) is 0.379. The van der Waals surface area contributed by atoms with Gasteiger partial charge in [-0.3, -0.25) is 14.7 Å². The number of para-hydroxylation sites is 2. The Bertz CT molecular complexity index is 1110. The van der Waals surface area contributed by atoms with E-state index in [-0.39, 0.29) is 12.0 Å². The van der Waals surface area contributed by atoms with Gasteiger partial charge in [-0.15, -0.1) is 0 Å². The van der Waals surface area contributed by atoms with Gasteiger partial charge >= 0.3 is 0 Å². The first-order valence-corrected chi connectivity index (χ1v) is 12.9. The molecule has 3 heterocycles. The van der Waals surface area contributed by atoms with Crippen LogP contribution in [0.25, 0.3) is 0 Å². The van der Waals surface area contributed by atoms with E-state index in [1.165, 1.54) is 5.56 Å². The van der Waals surface area contributed by atoms with Gasteiger partial charge in [0.05, 0.1) is 17.5 Å². The molecule has 36 heavy (non-hydrogen) atoms.